The maximum atomic E-state index is 10.5. The second-order valence-electron chi connectivity index (χ2n) is 2.90. The lowest BCUT2D eigenvalue weighted by atomic mass is 10.0. The van der Waals surface area contributed by atoms with Crippen molar-refractivity contribution in [2.75, 3.05) is 0 Å². The van der Waals surface area contributed by atoms with E-state index in [1.807, 2.05) is 32.0 Å². The van der Waals surface area contributed by atoms with Crippen molar-refractivity contribution in [2.24, 2.45) is 0 Å². The van der Waals surface area contributed by atoms with Gasteiger partial charge in [-0.3, -0.25) is 0 Å². The summed E-state index contributed by atoms with van der Waals surface area (Å²) in [6, 6.07) is 6.11. The highest BCUT2D eigenvalue weighted by molar-refractivity contribution is 9.09. The molecule has 0 aromatic heterocycles. The van der Waals surface area contributed by atoms with Crippen molar-refractivity contribution in [1.82, 2.24) is 0 Å². The minimum absolute atomic E-state index is 0.169. The van der Waals surface area contributed by atoms with Crippen LogP contribution in [-0.4, -0.2) is 6.29 Å². The average Bonchev–Trinajstić information content (AvgIpc) is 2.08. The molecule has 1 unspecified atom stereocenters. The monoisotopic (exact) mass is 226 g/mol. The number of benzene rings is 1. The van der Waals surface area contributed by atoms with Gasteiger partial charge in [0.15, 0.2) is 0 Å². The number of rotatable bonds is 2. The molecule has 0 heterocycles. The van der Waals surface area contributed by atoms with Crippen molar-refractivity contribution < 1.29 is 4.79 Å². The molecule has 0 amide bonds. The van der Waals surface area contributed by atoms with Crippen LogP contribution in [0.3, 0.4) is 0 Å². The first-order chi connectivity index (χ1) is 5.65. The molecular formula is C10H11BrO. The second-order valence-corrected chi connectivity index (χ2v) is 3.88. The van der Waals surface area contributed by atoms with Crippen LogP contribution in [0.1, 0.15) is 21.5 Å². The van der Waals surface area contributed by atoms with Crippen LogP contribution < -0.4 is 0 Å². The molecule has 0 saturated carbocycles. The highest BCUT2D eigenvalue weighted by Gasteiger charge is 2.07. The van der Waals surface area contributed by atoms with Crippen molar-refractivity contribution in [3.63, 3.8) is 0 Å². The molecule has 0 radical (unpaired) electrons. The van der Waals surface area contributed by atoms with Gasteiger partial charge in [-0.1, -0.05) is 39.7 Å². The molecule has 2 heteroatoms. The lowest BCUT2D eigenvalue weighted by Crippen LogP contribution is -1.94. The van der Waals surface area contributed by atoms with Crippen LogP contribution in [0.25, 0.3) is 0 Å². The summed E-state index contributed by atoms with van der Waals surface area (Å²) in [4.78, 5) is 10.4. The maximum absolute atomic E-state index is 10.5. The Kier molecular flexibility index (Phi) is 3.04. The van der Waals surface area contributed by atoms with Gasteiger partial charge in [0.25, 0.3) is 0 Å². The molecule has 1 nitrogen and oxygen atoms in total. The van der Waals surface area contributed by atoms with Crippen LogP contribution in [-0.2, 0) is 4.79 Å². The minimum Gasteiger partial charge on any atom is -0.302 e. The molecule has 1 aromatic carbocycles. The number of carbonyl (C=O) groups excluding carboxylic acids is 1. The predicted octanol–water partition coefficient (Wildman–Crippen LogP) is 2.94. The van der Waals surface area contributed by atoms with E-state index in [-0.39, 0.29) is 4.83 Å². The van der Waals surface area contributed by atoms with E-state index in [4.69, 9.17) is 0 Å². The van der Waals surface area contributed by atoms with Crippen LogP contribution in [0.2, 0.25) is 0 Å². The number of aryl methyl sites for hydroxylation is 2. The Morgan fingerprint density at radius 3 is 2.67 bits per heavy atom. The van der Waals surface area contributed by atoms with Gasteiger partial charge in [0, 0.05) is 0 Å². The van der Waals surface area contributed by atoms with Crippen LogP contribution >= 0.6 is 15.9 Å². The Balaban J connectivity index is 3.12. The molecular weight excluding hydrogens is 216 g/mol. The molecule has 0 aliphatic carbocycles. The third-order valence-electron chi connectivity index (χ3n) is 1.85. The Morgan fingerprint density at radius 2 is 2.08 bits per heavy atom. The van der Waals surface area contributed by atoms with E-state index in [1.54, 1.807) is 0 Å². The lowest BCUT2D eigenvalue weighted by Gasteiger charge is -2.07. The topological polar surface area (TPSA) is 17.1 Å². The summed E-state index contributed by atoms with van der Waals surface area (Å²) in [6.07, 6.45) is 0.905. The van der Waals surface area contributed by atoms with E-state index in [2.05, 4.69) is 15.9 Å². The van der Waals surface area contributed by atoms with Crippen molar-refractivity contribution in [1.29, 1.82) is 0 Å². The summed E-state index contributed by atoms with van der Waals surface area (Å²) >= 11 is 3.30. The third-order valence-corrected chi connectivity index (χ3v) is 2.56. The van der Waals surface area contributed by atoms with Gasteiger partial charge in [-0.15, -0.1) is 0 Å². The van der Waals surface area contributed by atoms with Crippen molar-refractivity contribution in [2.45, 2.75) is 18.7 Å². The molecule has 0 bridgehead atoms. The van der Waals surface area contributed by atoms with E-state index in [1.165, 1.54) is 5.56 Å². The van der Waals surface area contributed by atoms with Gasteiger partial charge in [-0.25, -0.2) is 0 Å². The zero-order valence-corrected chi connectivity index (χ0v) is 8.76. The van der Waals surface area contributed by atoms with E-state index >= 15 is 0 Å². The van der Waals surface area contributed by atoms with Gasteiger partial charge in [0.05, 0.1) is 4.83 Å². The van der Waals surface area contributed by atoms with E-state index in [0.29, 0.717) is 0 Å². The van der Waals surface area contributed by atoms with Gasteiger partial charge in [-0.2, -0.15) is 0 Å². The van der Waals surface area contributed by atoms with Gasteiger partial charge in [-0.05, 0) is 25.0 Å². The molecule has 12 heavy (non-hydrogen) atoms. The van der Waals surface area contributed by atoms with Crippen LogP contribution in [0, 0.1) is 13.8 Å². The fourth-order valence-electron chi connectivity index (χ4n) is 1.13. The molecule has 0 spiro atoms. The Bertz CT molecular complexity index is 294. The second kappa shape index (κ2) is 3.85. The molecule has 0 aliphatic heterocycles. The molecule has 1 atom stereocenters. The highest BCUT2D eigenvalue weighted by Crippen LogP contribution is 2.24. The minimum atomic E-state index is -0.169. The third kappa shape index (κ3) is 1.95. The van der Waals surface area contributed by atoms with E-state index < -0.39 is 0 Å². The number of hydrogen-bond acceptors (Lipinski definition) is 1. The first-order valence-corrected chi connectivity index (χ1v) is 4.73. The summed E-state index contributed by atoms with van der Waals surface area (Å²) in [5.74, 6) is 0. The zero-order chi connectivity index (χ0) is 9.14. The van der Waals surface area contributed by atoms with Crippen molar-refractivity contribution in [3.05, 3.63) is 34.9 Å². The maximum Gasteiger partial charge on any atom is 0.138 e. The van der Waals surface area contributed by atoms with E-state index in [9.17, 15) is 4.79 Å². The molecule has 0 aliphatic rings. The van der Waals surface area contributed by atoms with Crippen LogP contribution in [0.5, 0.6) is 0 Å². The number of alkyl halides is 1. The summed E-state index contributed by atoms with van der Waals surface area (Å²) < 4.78 is 0. The van der Waals surface area contributed by atoms with Gasteiger partial charge in [0.2, 0.25) is 0 Å². The first kappa shape index (κ1) is 9.46. The first-order valence-electron chi connectivity index (χ1n) is 3.81. The van der Waals surface area contributed by atoms with Crippen molar-refractivity contribution in [3.8, 4) is 0 Å². The zero-order valence-electron chi connectivity index (χ0n) is 7.17. The summed E-state index contributed by atoms with van der Waals surface area (Å²) in [5.41, 5.74) is 3.39. The number of hydrogen-bond donors (Lipinski definition) is 0. The molecule has 1 rings (SSSR count). The largest absolute Gasteiger partial charge is 0.302 e. The Morgan fingerprint density at radius 1 is 1.42 bits per heavy atom. The van der Waals surface area contributed by atoms with Crippen LogP contribution in [0.15, 0.2) is 18.2 Å². The molecule has 64 valence electrons. The number of halogens is 1. The molecule has 1 aromatic rings. The van der Waals surface area contributed by atoms with Crippen LogP contribution in [0.4, 0.5) is 0 Å². The summed E-state index contributed by atoms with van der Waals surface area (Å²) in [6.45, 7) is 4.03. The number of aldehydes is 1. The molecule has 0 N–H and O–H groups in total. The Hall–Kier alpha value is -0.630. The highest BCUT2D eigenvalue weighted by atomic mass is 79.9. The summed E-state index contributed by atoms with van der Waals surface area (Å²) in [5, 5.41) is 0. The average molecular weight is 227 g/mol. The van der Waals surface area contributed by atoms with Crippen molar-refractivity contribution >= 4 is 22.2 Å². The SMILES string of the molecule is Cc1ccc(C)c(C(Br)C=O)c1. The van der Waals surface area contributed by atoms with Gasteiger partial charge >= 0.3 is 0 Å². The number of carbonyl (C=O) groups is 1. The smallest absolute Gasteiger partial charge is 0.138 e. The van der Waals surface area contributed by atoms with Gasteiger partial charge < -0.3 is 4.79 Å². The summed E-state index contributed by atoms with van der Waals surface area (Å²) in [7, 11) is 0. The normalized spacial score (nSPS) is 12.6. The quantitative estimate of drug-likeness (QED) is 0.560. The van der Waals surface area contributed by atoms with Gasteiger partial charge in [0.1, 0.15) is 6.29 Å². The van der Waals surface area contributed by atoms with E-state index in [0.717, 1.165) is 17.4 Å². The molecule has 0 fully saturated rings. The lowest BCUT2D eigenvalue weighted by molar-refractivity contribution is -0.107. The standard InChI is InChI=1S/C10H11BrO/c1-7-3-4-8(2)9(5-7)10(11)6-12/h3-6,10H,1-2H3. The Labute approximate surface area is 80.9 Å². The molecule has 0 saturated heterocycles. The fraction of sp³-hybridized carbons (Fsp3) is 0.300. The fourth-order valence-corrected chi connectivity index (χ4v) is 1.62. The predicted molar refractivity (Wildman–Crippen MR) is 53.6 cm³/mol.